The second-order valence-corrected chi connectivity index (χ2v) is 5.94. The van der Waals surface area contributed by atoms with Gasteiger partial charge in [-0.2, -0.15) is 0 Å². The number of aryl methyl sites for hydroxylation is 1. The van der Waals surface area contributed by atoms with Crippen molar-refractivity contribution in [2.45, 2.75) is 25.5 Å². The van der Waals surface area contributed by atoms with Crippen LogP contribution in [0.1, 0.15) is 18.0 Å². The first-order valence-electron chi connectivity index (χ1n) is 7.68. The number of aliphatic hydroxyl groups is 1. The number of pyridine rings is 1. The molecule has 2 unspecified atom stereocenters. The normalized spacial score (nSPS) is 21.8. The van der Waals surface area contributed by atoms with Crippen LogP contribution in [0.5, 0.6) is 0 Å². The highest BCUT2D eigenvalue weighted by molar-refractivity contribution is 6.03. The fourth-order valence-electron chi connectivity index (χ4n) is 3.28. The molecule has 2 aromatic heterocycles. The molecule has 6 heteroatoms. The lowest BCUT2D eigenvalue weighted by molar-refractivity contribution is -0.0395. The van der Waals surface area contributed by atoms with Crippen LogP contribution in [0.15, 0.2) is 35.5 Å². The quantitative estimate of drug-likeness (QED) is 0.690. The van der Waals surface area contributed by atoms with Crippen molar-refractivity contribution >= 4 is 21.8 Å². The lowest BCUT2D eigenvalue weighted by atomic mass is 10.0. The number of aliphatic hydroxyl groups excluding tert-OH is 1. The van der Waals surface area contributed by atoms with Crippen molar-refractivity contribution in [1.29, 1.82) is 0 Å². The van der Waals surface area contributed by atoms with E-state index in [0.717, 1.165) is 16.5 Å². The largest absolute Gasteiger partial charge is 0.389 e. The van der Waals surface area contributed by atoms with E-state index in [0.29, 0.717) is 23.9 Å². The minimum Gasteiger partial charge on any atom is -0.389 e. The van der Waals surface area contributed by atoms with Crippen molar-refractivity contribution in [2.75, 3.05) is 13.2 Å². The summed E-state index contributed by atoms with van der Waals surface area (Å²) >= 11 is 0. The third-order valence-electron chi connectivity index (χ3n) is 4.50. The Morgan fingerprint density at radius 3 is 2.96 bits per heavy atom. The van der Waals surface area contributed by atoms with Crippen molar-refractivity contribution in [3.63, 3.8) is 0 Å². The smallest absolute Gasteiger partial charge is 0.261 e. The Kier molecular flexibility index (Phi) is 3.36. The Bertz CT molecular complexity index is 951. The molecule has 6 nitrogen and oxygen atoms in total. The number of ether oxygens (including phenoxy) is 1. The molecule has 0 saturated carbocycles. The predicted octanol–water partition coefficient (Wildman–Crippen LogP) is 1.58. The van der Waals surface area contributed by atoms with Gasteiger partial charge in [-0.25, -0.2) is 4.98 Å². The van der Waals surface area contributed by atoms with Gasteiger partial charge in [-0.15, -0.1) is 0 Å². The van der Waals surface area contributed by atoms with Gasteiger partial charge < -0.3 is 9.84 Å². The van der Waals surface area contributed by atoms with Crippen LogP contribution in [0.25, 0.3) is 21.8 Å². The maximum absolute atomic E-state index is 12.9. The van der Waals surface area contributed by atoms with Gasteiger partial charge in [0.05, 0.1) is 36.0 Å². The molecule has 1 aromatic carbocycles. The SMILES string of the molecule is Cc1cc2c(=O)n(C3CCOCC3O)cnc2c2ncccc12. The molecule has 1 aliphatic heterocycles. The minimum atomic E-state index is -0.694. The lowest BCUT2D eigenvalue weighted by Gasteiger charge is -2.29. The molecule has 3 heterocycles. The van der Waals surface area contributed by atoms with Gasteiger partial charge >= 0.3 is 0 Å². The fourth-order valence-corrected chi connectivity index (χ4v) is 3.28. The first kappa shape index (κ1) is 14.3. The second kappa shape index (κ2) is 5.40. The van der Waals surface area contributed by atoms with Crippen molar-refractivity contribution in [1.82, 2.24) is 14.5 Å². The van der Waals surface area contributed by atoms with Crippen molar-refractivity contribution in [3.05, 3.63) is 46.6 Å². The summed E-state index contributed by atoms with van der Waals surface area (Å²) in [5.41, 5.74) is 2.19. The van der Waals surface area contributed by atoms with E-state index in [1.54, 1.807) is 6.20 Å². The highest BCUT2D eigenvalue weighted by Crippen LogP contribution is 2.25. The van der Waals surface area contributed by atoms with Gasteiger partial charge in [0.15, 0.2) is 0 Å². The van der Waals surface area contributed by atoms with Gasteiger partial charge in [-0.3, -0.25) is 14.3 Å². The minimum absolute atomic E-state index is 0.142. The van der Waals surface area contributed by atoms with Crippen LogP contribution in [-0.2, 0) is 4.74 Å². The summed E-state index contributed by atoms with van der Waals surface area (Å²) in [6, 6.07) is 5.41. The van der Waals surface area contributed by atoms with Gasteiger partial charge in [0.1, 0.15) is 5.52 Å². The Labute approximate surface area is 132 Å². The Hall–Kier alpha value is -2.31. The molecule has 23 heavy (non-hydrogen) atoms. The van der Waals surface area contributed by atoms with E-state index < -0.39 is 6.10 Å². The number of hydrogen-bond donors (Lipinski definition) is 1. The zero-order chi connectivity index (χ0) is 16.0. The molecule has 4 rings (SSSR count). The molecule has 118 valence electrons. The van der Waals surface area contributed by atoms with Crippen LogP contribution in [-0.4, -0.2) is 39.0 Å². The standard InChI is InChI=1S/C17H17N3O3/c1-10-7-12-16(15-11(10)3-2-5-18-15)19-9-20(17(12)22)13-4-6-23-8-14(13)21/h2-3,5,7,9,13-14,21H,4,6,8H2,1H3. The number of nitrogens with zero attached hydrogens (tertiary/aromatic N) is 3. The first-order chi connectivity index (χ1) is 11.2. The highest BCUT2D eigenvalue weighted by Gasteiger charge is 2.27. The highest BCUT2D eigenvalue weighted by atomic mass is 16.5. The van der Waals surface area contributed by atoms with E-state index in [9.17, 15) is 9.90 Å². The summed E-state index contributed by atoms with van der Waals surface area (Å²) in [5.74, 6) is 0. The number of hydrogen-bond acceptors (Lipinski definition) is 5. The summed E-state index contributed by atoms with van der Waals surface area (Å²) in [5, 5.41) is 11.7. The molecule has 0 spiro atoms. The van der Waals surface area contributed by atoms with Gasteiger partial charge in [-0.1, -0.05) is 6.07 Å². The van der Waals surface area contributed by atoms with Crippen molar-refractivity contribution in [3.8, 4) is 0 Å². The first-order valence-corrected chi connectivity index (χ1v) is 7.68. The van der Waals surface area contributed by atoms with Crippen LogP contribution in [0.3, 0.4) is 0 Å². The number of aromatic nitrogens is 3. The predicted molar refractivity (Wildman–Crippen MR) is 86.5 cm³/mol. The average Bonchev–Trinajstić information content (AvgIpc) is 2.57. The van der Waals surface area contributed by atoms with Gasteiger partial charge in [0.25, 0.3) is 5.56 Å². The molecular weight excluding hydrogens is 294 g/mol. The molecule has 1 aliphatic rings. The Morgan fingerprint density at radius 2 is 2.13 bits per heavy atom. The molecule has 0 bridgehead atoms. The van der Waals surface area contributed by atoms with Crippen LogP contribution in [0.2, 0.25) is 0 Å². The lowest BCUT2D eigenvalue weighted by Crippen LogP contribution is -2.39. The summed E-state index contributed by atoms with van der Waals surface area (Å²) in [6.07, 6.45) is 3.13. The van der Waals surface area contributed by atoms with Crippen molar-refractivity contribution < 1.29 is 9.84 Å². The topological polar surface area (TPSA) is 77.2 Å². The summed E-state index contributed by atoms with van der Waals surface area (Å²) < 4.78 is 6.77. The number of rotatable bonds is 1. The Balaban J connectivity index is 1.98. The maximum atomic E-state index is 12.9. The van der Waals surface area contributed by atoms with E-state index in [1.807, 2.05) is 25.1 Å². The van der Waals surface area contributed by atoms with E-state index in [-0.39, 0.29) is 18.2 Å². The van der Waals surface area contributed by atoms with E-state index >= 15 is 0 Å². The fraction of sp³-hybridized carbons (Fsp3) is 0.353. The molecule has 2 atom stereocenters. The molecular formula is C17H17N3O3. The van der Waals surface area contributed by atoms with E-state index in [1.165, 1.54) is 10.9 Å². The zero-order valence-electron chi connectivity index (χ0n) is 12.8. The van der Waals surface area contributed by atoms with Gasteiger partial charge in [0, 0.05) is 18.2 Å². The summed E-state index contributed by atoms with van der Waals surface area (Å²) in [6.45, 7) is 2.74. The molecule has 0 aliphatic carbocycles. The molecule has 0 radical (unpaired) electrons. The molecule has 1 fully saturated rings. The monoisotopic (exact) mass is 311 g/mol. The van der Waals surface area contributed by atoms with Crippen molar-refractivity contribution in [2.24, 2.45) is 0 Å². The van der Waals surface area contributed by atoms with Crippen LogP contribution < -0.4 is 5.56 Å². The summed E-state index contributed by atoms with van der Waals surface area (Å²) in [7, 11) is 0. The van der Waals surface area contributed by atoms with Crippen LogP contribution in [0, 0.1) is 6.92 Å². The molecule has 3 aromatic rings. The van der Waals surface area contributed by atoms with Gasteiger partial charge in [-0.05, 0) is 31.0 Å². The summed E-state index contributed by atoms with van der Waals surface area (Å²) in [4.78, 5) is 21.8. The molecule has 0 amide bonds. The van der Waals surface area contributed by atoms with E-state index in [4.69, 9.17) is 4.74 Å². The van der Waals surface area contributed by atoms with E-state index in [2.05, 4.69) is 9.97 Å². The van der Waals surface area contributed by atoms with Crippen LogP contribution in [0.4, 0.5) is 0 Å². The Morgan fingerprint density at radius 1 is 1.30 bits per heavy atom. The second-order valence-electron chi connectivity index (χ2n) is 5.94. The third-order valence-corrected chi connectivity index (χ3v) is 4.50. The molecule has 1 N–H and O–H groups in total. The number of benzene rings is 1. The number of fused-ring (bicyclic) bond motifs is 3. The average molecular weight is 311 g/mol. The maximum Gasteiger partial charge on any atom is 0.261 e. The third kappa shape index (κ3) is 2.22. The van der Waals surface area contributed by atoms with Crippen LogP contribution >= 0.6 is 0 Å². The molecule has 1 saturated heterocycles. The van der Waals surface area contributed by atoms with Gasteiger partial charge in [0.2, 0.25) is 0 Å². The zero-order valence-corrected chi connectivity index (χ0v) is 12.8.